The molecular weight excluding hydrogens is 288 g/mol. The van der Waals surface area contributed by atoms with Gasteiger partial charge in [-0.05, 0) is 67.4 Å². The molecule has 0 bridgehead atoms. The van der Waals surface area contributed by atoms with E-state index in [2.05, 4.69) is 19.9 Å². The highest BCUT2D eigenvalue weighted by Gasteiger charge is 2.61. The Labute approximate surface area is 138 Å². The maximum Gasteiger partial charge on any atom is 0.178 e. The van der Waals surface area contributed by atoms with E-state index in [1.807, 2.05) is 6.08 Å². The molecule has 4 rings (SSSR count). The van der Waals surface area contributed by atoms with Crippen LogP contribution in [0.2, 0.25) is 0 Å². The fourth-order valence-corrected chi connectivity index (χ4v) is 6.73. The number of rotatable bonds is 1. The van der Waals surface area contributed by atoms with Gasteiger partial charge < -0.3 is 10.2 Å². The second-order valence-corrected chi connectivity index (χ2v) is 8.76. The molecule has 0 aromatic heterocycles. The molecule has 0 amide bonds. The summed E-state index contributed by atoms with van der Waals surface area (Å²) in [6.07, 6.45) is 10.3. The SMILES string of the molecule is CC12C=CC(=O)C=C1CC[C@@H]1C2C(O)CC2(C)C(CO)CCC12. The Hall–Kier alpha value is -0.930. The van der Waals surface area contributed by atoms with Crippen molar-refractivity contribution in [2.24, 2.45) is 34.5 Å². The lowest BCUT2D eigenvalue weighted by molar-refractivity contribution is -0.121. The first-order valence-corrected chi connectivity index (χ1v) is 9.13. The van der Waals surface area contributed by atoms with Gasteiger partial charge in [0.2, 0.25) is 0 Å². The molecule has 0 aliphatic heterocycles. The molecule has 0 aromatic rings. The smallest absolute Gasteiger partial charge is 0.178 e. The van der Waals surface area contributed by atoms with Crippen molar-refractivity contribution in [2.75, 3.05) is 6.61 Å². The van der Waals surface area contributed by atoms with Crippen LogP contribution >= 0.6 is 0 Å². The van der Waals surface area contributed by atoms with Crippen molar-refractivity contribution >= 4 is 5.78 Å². The minimum Gasteiger partial charge on any atom is -0.396 e. The molecule has 6 unspecified atom stereocenters. The minimum absolute atomic E-state index is 0.0705. The van der Waals surface area contributed by atoms with Crippen LogP contribution in [0.4, 0.5) is 0 Å². The highest BCUT2D eigenvalue weighted by Crippen LogP contribution is 2.65. The maximum absolute atomic E-state index is 11.8. The lowest BCUT2D eigenvalue weighted by Crippen LogP contribution is -2.56. The monoisotopic (exact) mass is 316 g/mol. The summed E-state index contributed by atoms with van der Waals surface area (Å²) in [4.78, 5) is 11.8. The second kappa shape index (κ2) is 5.03. The van der Waals surface area contributed by atoms with Crippen LogP contribution < -0.4 is 0 Å². The van der Waals surface area contributed by atoms with Crippen molar-refractivity contribution in [1.29, 1.82) is 0 Å². The second-order valence-electron chi connectivity index (χ2n) is 8.76. The molecule has 4 aliphatic carbocycles. The van der Waals surface area contributed by atoms with Crippen LogP contribution in [0.5, 0.6) is 0 Å². The van der Waals surface area contributed by atoms with Crippen LogP contribution in [-0.2, 0) is 4.79 Å². The predicted octanol–water partition coefficient (Wildman–Crippen LogP) is 2.87. The summed E-state index contributed by atoms with van der Waals surface area (Å²) in [6, 6.07) is 0. The zero-order valence-corrected chi connectivity index (χ0v) is 14.2. The highest BCUT2D eigenvalue weighted by atomic mass is 16.3. The van der Waals surface area contributed by atoms with E-state index in [1.54, 1.807) is 6.08 Å². The molecule has 4 aliphatic rings. The summed E-state index contributed by atoms with van der Waals surface area (Å²) in [6.45, 7) is 4.75. The van der Waals surface area contributed by atoms with Gasteiger partial charge in [-0.3, -0.25) is 4.79 Å². The zero-order valence-electron chi connectivity index (χ0n) is 14.2. The topological polar surface area (TPSA) is 57.5 Å². The number of aliphatic hydroxyl groups excluding tert-OH is 2. The van der Waals surface area contributed by atoms with Gasteiger partial charge in [-0.25, -0.2) is 0 Å². The molecule has 3 saturated carbocycles. The number of hydrogen-bond donors (Lipinski definition) is 2. The Kier molecular flexibility index (Phi) is 3.41. The molecule has 0 saturated heterocycles. The molecule has 3 nitrogen and oxygen atoms in total. The highest BCUT2D eigenvalue weighted by molar-refractivity contribution is 6.01. The summed E-state index contributed by atoms with van der Waals surface area (Å²) in [7, 11) is 0. The Bertz CT molecular complexity index is 592. The average Bonchev–Trinajstić information content (AvgIpc) is 2.83. The molecule has 0 spiro atoms. The molecule has 126 valence electrons. The van der Waals surface area contributed by atoms with Gasteiger partial charge in [0.1, 0.15) is 0 Å². The number of ketones is 1. The summed E-state index contributed by atoms with van der Waals surface area (Å²) < 4.78 is 0. The molecule has 23 heavy (non-hydrogen) atoms. The summed E-state index contributed by atoms with van der Waals surface area (Å²) in [5.74, 6) is 1.73. The van der Waals surface area contributed by atoms with Gasteiger partial charge in [-0.2, -0.15) is 0 Å². The van der Waals surface area contributed by atoms with E-state index in [0.29, 0.717) is 17.8 Å². The average molecular weight is 316 g/mol. The number of fused-ring (bicyclic) bond motifs is 5. The molecule has 0 heterocycles. The first-order valence-electron chi connectivity index (χ1n) is 9.13. The van der Waals surface area contributed by atoms with Gasteiger partial charge in [-0.15, -0.1) is 0 Å². The number of allylic oxidation sites excluding steroid dienone is 4. The van der Waals surface area contributed by atoms with E-state index >= 15 is 0 Å². The maximum atomic E-state index is 11.8. The van der Waals surface area contributed by atoms with Crippen molar-refractivity contribution in [3.05, 3.63) is 23.8 Å². The molecule has 7 atom stereocenters. The Balaban J connectivity index is 1.73. The largest absolute Gasteiger partial charge is 0.396 e. The van der Waals surface area contributed by atoms with Crippen molar-refractivity contribution in [1.82, 2.24) is 0 Å². The van der Waals surface area contributed by atoms with E-state index in [1.165, 1.54) is 12.0 Å². The van der Waals surface area contributed by atoms with Crippen LogP contribution in [0, 0.1) is 34.5 Å². The van der Waals surface area contributed by atoms with Crippen molar-refractivity contribution in [3.63, 3.8) is 0 Å². The van der Waals surface area contributed by atoms with Crippen LogP contribution in [-0.4, -0.2) is 28.7 Å². The van der Waals surface area contributed by atoms with E-state index in [-0.39, 0.29) is 35.2 Å². The summed E-state index contributed by atoms with van der Waals surface area (Å²) in [5.41, 5.74) is 1.11. The van der Waals surface area contributed by atoms with E-state index in [9.17, 15) is 15.0 Å². The standard InChI is InChI=1S/C20H28O3/c1-19-8-7-14(22)9-12(19)3-5-15-16-6-4-13(11-21)20(16,2)10-17(23)18(15)19/h7-9,13,15-18,21,23H,3-6,10-11H2,1-2H3/t13?,15-,16?,17?,18?,19?,20?/m0/s1. The van der Waals surface area contributed by atoms with E-state index in [4.69, 9.17) is 0 Å². The fraction of sp³-hybridized carbons (Fsp3) is 0.750. The van der Waals surface area contributed by atoms with E-state index in [0.717, 1.165) is 25.7 Å². The quantitative estimate of drug-likeness (QED) is 0.782. The first kappa shape index (κ1) is 15.6. The molecule has 3 heteroatoms. The lowest BCUT2D eigenvalue weighted by Gasteiger charge is -2.58. The van der Waals surface area contributed by atoms with Gasteiger partial charge in [0.05, 0.1) is 6.10 Å². The van der Waals surface area contributed by atoms with Crippen LogP contribution in [0.1, 0.15) is 46.0 Å². The number of carbonyl (C=O) groups excluding carboxylic acids is 1. The molecule has 0 aromatic carbocycles. The van der Waals surface area contributed by atoms with Gasteiger partial charge in [0.25, 0.3) is 0 Å². The van der Waals surface area contributed by atoms with Gasteiger partial charge in [0, 0.05) is 17.9 Å². The van der Waals surface area contributed by atoms with Crippen molar-refractivity contribution < 1.29 is 15.0 Å². The van der Waals surface area contributed by atoms with E-state index < -0.39 is 0 Å². The Morgan fingerprint density at radius 3 is 2.78 bits per heavy atom. The zero-order chi connectivity index (χ0) is 16.4. The normalized spacial score (nSPS) is 51.7. The molecular formula is C20H28O3. The fourth-order valence-electron chi connectivity index (χ4n) is 6.73. The molecule has 0 radical (unpaired) electrons. The molecule has 2 N–H and O–H groups in total. The van der Waals surface area contributed by atoms with Crippen molar-refractivity contribution in [3.8, 4) is 0 Å². The van der Waals surface area contributed by atoms with Gasteiger partial charge >= 0.3 is 0 Å². The van der Waals surface area contributed by atoms with Crippen LogP contribution in [0.15, 0.2) is 23.8 Å². The van der Waals surface area contributed by atoms with Gasteiger partial charge in [0.15, 0.2) is 5.78 Å². The number of hydrogen-bond acceptors (Lipinski definition) is 3. The van der Waals surface area contributed by atoms with Crippen molar-refractivity contribution in [2.45, 2.75) is 52.1 Å². The van der Waals surface area contributed by atoms with Crippen LogP contribution in [0.25, 0.3) is 0 Å². The Morgan fingerprint density at radius 1 is 1.26 bits per heavy atom. The first-order chi connectivity index (χ1) is 10.9. The third-order valence-electron chi connectivity index (χ3n) is 7.91. The Morgan fingerprint density at radius 2 is 2.04 bits per heavy atom. The minimum atomic E-state index is -0.347. The third kappa shape index (κ3) is 1.99. The number of aliphatic hydroxyl groups is 2. The third-order valence-corrected chi connectivity index (χ3v) is 7.91. The number of carbonyl (C=O) groups is 1. The predicted molar refractivity (Wildman–Crippen MR) is 88.6 cm³/mol. The molecule has 3 fully saturated rings. The summed E-state index contributed by atoms with van der Waals surface area (Å²) >= 11 is 0. The summed E-state index contributed by atoms with van der Waals surface area (Å²) in [5, 5.41) is 20.9. The lowest BCUT2D eigenvalue weighted by atomic mass is 9.47. The van der Waals surface area contributed by atoms with Gasteiger partial charge in [-0.1, -0.05) is 25.5 Å². The van der Waals surface area contributed by atoms with Crippen LogP contribution in [0.3, 0.4) is 0 Å².